The van der Waals surface area contributed by atoms with Crippen molar-refractivity contribution in [3.63, 3.8) is 0 Å². The van der Waals surface area contributed by atoms with Crippen molar-refractivity contribution < 1.29 is 23.0 Å². The molecule has 3 nitrogen and oxygen atoms in total. The summed E-state index contributed by atoms with van der Waals surface area (Å²) in [4.78, 5) is 12.2. The smallest absolute Gasteiger partial charge is 0.314 e. The Morgan fingerprint density at radius 1 is 0.824 bits per heavy atom. The minimum Gasteiger partial charge on any atom is -0.491 e. The van der Waals surface area contributed by atoms with Crippen molar-refractivity contribution in [3.8, 4) is 22.6 Å². The second-order valence-electron chi connectivity index (χ2n) is 9.48. The molecule has 5 heteroatoms. The summed E-state index contributed by atoms with van der Waals surface area (Å²) in [6.45, 7) is 4.80. The first-order valence-corrected chi connectivity index (χ1v) is 13.0. The third-order valence-electron chi connectivity index (χ3n) is 6.81. The largest absolute Gasteiger partial charge is 0.491 e. The van der Waals surface area contributed by atoms with E-state index in [0.717, 1.165) is 32.1 Å². The molecule has 0 radical (unpaired) electrons. The van der Waals surface area contributed by atoms with E-state index >= 15 is 0 Å². The van der Waals surface area contributed by atoms with Crippen LogP contribution in [-0.2, 0) is 4.79 Å². The van der Waals surface area contributed by atoms with Gasteiger partial charge in [-0.2, -0.15) is 0 Å². The summed E-state index contributed by atoms with van der Waals surface area (Å²) in [5.74, 6) is -0.928. The molecule has 0 heterocycles. The molecule has 0 aliphatic heterocycles. The van der Waals surface area contributed by atoms with Crippen molar-refractivity contribution >= 4 is 5.97 Å². The Balaban J connectivity index is 1.46. The first kappa shape index (κ1) is 26.2. The molecular weight excluding hydrogens is 434 g/mol. The van der Waals surface area contributed by atoms with Crippen LogP contribution in [0.3, 0.4) is 0 Å². The van der Waals surface area contributed by atoms with E-state index in [-0.39, 0.29) is 23.4 Å². The van der Waals surface area contributed by atoms with Gasteiger partial charge >= 0.3 is 5.97 Å². The lowest BCUT2D eigenvalue weighted by molar-refractivity contribution is -0.143. The molecule has 0 N–H and O–H groups in total. The van der Waals surface area contributed by atoms with Crippen molar-refractivity contribution in [1.82, 2.24) is 0 Å². The lowest BCUT2D eigenvalue weighted by atomic mass is 9.74. The first-order valence-electron chi connectivity index (χ1n) is 13.0. The minimum atomic E-state index is -0.632. The average molecular weight is 473 g/mol. The number of unbranched alkanes of at least 4 members (excludes halogenated alkanes) is 7. The molecule has 34 heavy (non-hydrogen) atoms. The van der Waals surface area contributed by atoms with Gasteiger partial charge in [0.25, 0.3) is 0 Å². The van der Waals surface area contributed by atoms with Gasteiger partial charge in [0, 0.05) is 0 Å². The van der Waals surface area contributed by atoms with Crippen LogP contribution in [0.4, 0.5) is 8.78 Å². The molecule has 186 valence electrons. The molecule has 0 bridgehead atoms. The number of rotatable bonds is 14. The number of carbonyl (C=O) groups excluding carboxylic acids is 1. The van der Waals surface area contributed by atoms with Gasteiger partial charge in [0.2, 0.25) is 0 Å². The maximum Gasteiger partial charge on any atom is 0.314 e. The van der Waals surface area contributed by atoms with E-state index in [1.165, 1.54) is 56.7 Å². The van der Waals surface area contributed by atoms with Crippen LogP contribution < -0.4 is 9.47 Å². The topological polar surface area (TPSA) is 35.5 Å². The van der Waals surface area contributed by atoms with E-state index < -0.39 is 11.6 Å². The lowest BCUT2D eigenvalue weighted by Crippen LogP contribution is -2.33. The SMILES string of the molecule is CCCCCCCCCCOc1ccc(-c2ccc(OC(=O)C3CC(CC)C3)c(F)c2)cc1F. The third kappa shape index (κ3) is 7.54. The number of hydrogen-bond donors (Lipinski definition) is 0. The molecule has 0 aromatic heterocycles. The van der Waals surface area contributed by atoms with E-state index in [1.54, 1.807) is 18.2 Å². The molecule has 0 saturated heterocycles. The maximum absolute atomic E-state index is 14.6. The predicted octanol–water partition coefficient (Wildman–Crippen LogP) is 8.49. The second-order valence-corrected chi connectivity index (χ2v) is 9.48. The fraction of sp³-hybridized carbons (Fsp3) is 0.552. The van der Waals surface area contributed by atoms with E-state index in [1.807, 2.05) is 0 Å². The van der Waals surface area contributed by atoms with Crippen molar-refractivity contribution in [2.75, 3.05) is 6.61 Å². The number of carbonyl (C=O) groups is 1. The molecule has 0 atom stereocenters. The number of esters is 1. The molecule has 0 spiro atoms. The molecule has 1 fully saturated rings. The third-order valence-corrected chi connectivity index (χ3v) is 6.81. The van der Waals surface area contributed by atoms with Crippen LogP contribution in [-0.4, -0.2) is 12.6 Å². The Bertz CT molecular complexity index is 922. The van der Waals surface area contributed by atoms with Gasteiger partial charge in [-0.1, -0.05) is 77.3 Å². The standard InChI is InChI=1S/C29H38F2O3/c1-3-5-6-7-8-9-10-11-16-33-27-14-12-22(19-25(27)30)23-13-15-28(26(31)20-23)34-29(32)24-17-21(4-2)18-24/h12-15,19-21,24H,3-11,16-18H2,1-2H3. The van der Waals surface area contributed by atoms with Crippen LogP contribution in [0.25, 0.3) is 11.1 Å². The fourth-order valence-corrected chi connectivity index (χ4v) is 4.43. The zero-order valence-corrected chi connectivity index (χ0v) is 20.6. The van der Waals surface area contributed by atoms with Crippen molar-refractivity contribution in [3.05, 3.63) is 48.0 Å². The van der Waals surface area contributed by atoms with Crippen molar-refractivity contribution in [1.29, 1.82) is 0 Å². The second kappa shape index (κ2) is 13.5. The molecule has 2 aromatic carbocycles. The van der Waals surface area contributed by atoms with Crippen molar-refractivity contribution in [2.45, 2.75) is 84.5 Å². The highest BCUT2D eigenvalue weighted by Gasteiger charge is 2.35. The minimum absolute atomic E-state index is 0.0838. The number of halogens is 2. The molecular formula is C29H38F2O3. The van der Waals surface area contributed by atoms with Gasteiger partial charge in [0.05, 0.1) is 12.5 Å². The molecule has 1 aliphatic rings. The van der Waals surface area contributed by atoms with Gasteiger partial charge < -0.3 is 9.47 Å². The molecule has 3 rings (SSSR count). The van der Waals surface area contributed by atoms with E-state index in [2.05, 4.69) is 13.8 Å². The highest BCUT2D eigenvalue weighted by atomic mass is 19.1. The Kier molecular flexibility index (Phi) is 10.4. The van der Waals surface area contributed by atoms with Crippen LogP contribution >= 0.6 is 0 Å². The van der Waals surface area contributed by atoms with Gasteiger partial charge in [-0.3, -0.25) is 4.79 Å². The zero-order chi connectivity index (χ0) is 24.3. The summed E-state index contributed by atoms with van der Waals surface area (Å²) < 4.78 is 40.0. The van der Waals surface area contributed by atoms with E-state index in [9.17, 15) is 13.6 Å². The van der Waals surface area contributed by atoms with Crippen LogP contribution in [0.2, 0.25) is 0 Å². The highest BCUT2D eigenvalue weighted by Crippen LogP contribution is 2.37. The normalized spacial score (nSPS) is 17.3. The summed E-state index contributed by atoms with van der Waals surface area (Å²) >= 11 is 0. The molecule has 1 aliphatic carbocycles. The fourth-order valence-electron chi connectivity index (χ4n) is 4.43. The van der Waals surface area contributed by atoms with E-state index in [0.29, 0.717) is 23.7 Å². The molecule has 1 saturated carbocycles. The summed E-state index contributed by atoms with van der Waals surface area (Å²) in [5, 5.41) is 0. The van der Waals surface area contributed by atoms with Crippen molar-refractivity contribution in [2.24, 2.45) is 11.8 Å². The monoisotopic (exact) mass is 472 g/mol. The molecule has 0 unspecified atom stereocenters. The summed E-state index contributed by atoms with van der Waals surface area (Å²) in [6, 6.07) is 8.99. The van der Waals surface area contributed by atoms with Gasteiger partial charge in [0.15, 0.2) is 23.1 Å². The maximum atomic E-state index is 14.6. The van der Waals surface area contributed by atoms with Crippen LogP contribution in [0.1, 0.15) is 84.5 Å². The zero-order valence-electron chi connectivity index (χ0n) is 20.6. The molecule has 0 amide bonds. The average Bonchev–Trinajstić information content (AvgIpc) is 2.79. The number of ether oxygens (including phenoxy) is 2. The Labute approximate surface area is 202 Å². The Morgan fingerprint density at radius 3 is 1.94 bits per heavy atom. The predicted molar refractivity (Wildman–Crippen MR) is 132 cm³/mol. The van der Waals surface area contributed by atoms with Gasteiger partial charge in [0.1, 0.15) is 0 Å². The summed E-state index contributed by atoms with van der Waals surface area (Å²) in [7, 11) is 0. The number of hydrogen-bond acceptors (Lipinski definition) is 3. The van der Waals surface area contributed by atoms with Crippen LogP contribution in [0.5, 0.6) is 11.5 Å². The van der Waals surface area contributed by atoms with E-state index in [4.69, 9.17) is 9.47 Å². The van der Waals surface area contributed by atoms with Crippen LogP contribution in [0, 0.1) is 23.5 Å². The van der Waals surface area contributed by atoms with Crippen LogP contribution in [0.15, 0.2) is 36.4 Å². The first-order chi connectivity index (χ1) is 16.5. The number of benzene rings is 2. The van der Waals surface area contributed by atoms with Gasteiger partial charge in [-0.05, 0) is 60.6 Å². The summed E-state index contributed by atoms with van der Waals surface area (Å²) in [5.41, 5.74) is 1.05. The van der Waals surface area contributed by atoms with Gasteiger partial charge in [-0.15, -0.1) is 0 Å². The quantitative estimate of drug-likeness (QED) is 0.157. The lowest BCUT2D eigenvalue weighted by Gasteiger charge is -2.32. The Hall–Kier alpha value is -2.43. The summed E-state index contributed by atoms with van der Waals surface area (Å²) in [6.07, 6.45) is 12.2. The molecule has 2 aromatic rings. The Morgan fingerprint density at radius 2 is 1.38 bits per heavy atom. The highest BCUT2D eigenvalue weighted by molar-refractivity contribution is 5.76. The van der Waals surface area contributed by atoms with Gasteiger partial charge in [-0.25, -0.2) is 8.78 Å².